The van der Waals surface area contributed by atoms with E-state index in [2.05, 4.69) is 15.0 Å². The van der Waals surface area contributed by atoms with Gasteiger partial charge in [0.2, 0.25) is 0 Å². The molecule has 1 aromatic heterocycles. The van der Waals surface area contributed by atoms with Crippen molar-refractivity contribution in [2.45, 2.75) is 12.8 Å². The molecule has 5 heteroatoms. The molecule has 1 N–H and O–H groups in total. The Hall–Kier alpha value is -2.30. The van der Waals surface area contributed by atoms with Crippen LogP contribution in [0.1, 0.15) is 12.8 Å². The summed E-state index contributed by atoms with van der Waals surface area (Å²) in [5, 5.41) is 14.4. The molecule has 1 aliphatic rings. The number of aromatic nitrogens is 1. The van der Waals surface area contributed by atoms with Gasteiger partial charge in [-0.25, -0.2) is 4.98 Å². The number of hydrogen-bond acceptors (Lipinski definition) is 5. The predicted molar refractivity (Wildman–Crippen MR) is 79.0 cm³/mol. The maximum absolute atomic E-state index is 8.82. The Bertz CT molecular complexity index is 645. The molecule has 1 fully saturated rings. The smallest absolute Gasteiger partial charge is 0.136 e. The van der Waals surface area contributed by atoms with Crippen LogP contribution in [0, 0.1) is 0 Å². The molecule has 1 saturated heterocycles. The van der Waals surface area contributed by atoms with Crippen LogP contribution in [-0.4, -0.2) is 36.1 Å². The molecule has 104 valence electrons. The van der Waals surface area contributed by atoms with Gasteiger partial charge in [-0.2, -0.15) is 0 Å². The second-order valence-electron chi connectivity index (χ2n) is 4.87. The third kappa shape index (κ3) is 2.27. The number of benzene rings is 1. The van der Waals surface area contributed by atoms with E-state index in [1.807, 2.05) is 30.5 Å². The molecule has 0 saturated carbocycles. The van der Waals surface area contributed by atoms with Crippen molar-refractivity contribution in [3.8, 4) is 5.75 Å². The first kappa shape index (κ1) is 12.7. The van der Waals surface area contributed by atoms with E-state index < -0.39 is 0 Å². The number of rotatable bonds is 2. The highest BCUT2D eigenvalue weighted by Gasteiger charge is 2.18. The summed E-state index contributed by atoms with van der Waals surface area (Å²) < 4.78 is 5.26. The minimum Gasteiger partial charge on any atom is -0.497 e. The molecule has 1 aliphatic heterocycles. The van der Waals surface area contributed by atoms with Crippen molar-refractivity contribution < 1.29 is 9.94 Å². The number of oxime groups is 1. The Morgan fingerprint density at radius 3 is 2.75 bits per heavy atom. The molecule has 0 radical (unpaired) electrons. The third-order valence-corrected chi connectivity index (χ3v) is 3.73. The summed E-state index contributed by atoms with van der Waals surface area (Å²) in [5.41, 5.74) is 0.864. The molecule has 0 amide bonds. The first-order valence-electron chi connectivity index (χ1n) is 6.69. The fraction of sp³-hybridized carbons (Fsp3) is 0.333. The van der Waals surface area contributed by atoms with Gasteiger partial charge < -0.3 is 14.8 Å². The van der Waals surface area contributed by atoms with Gasteiger partial charge in [0, 0.05) is 37.5 Å². The van der Waals surface area contributed by atoms with Crippen LogP contribution in [0.3, 0.4) is 0 Å². The van der Waals surface area contributed by atoms with Crippen molar-refractivity contribution in [3.63, 3.8) is 0 Å². The molecule has 1 aromatic carbocycles. The van der Waals surface area contributed by atoms with Crippen LogP contribution in [0.2, 0.25) is 0 Å². The molecule has 20 heavy (non-hydrogen) atoms. The van der Waals surface area contributed by atoms with Crippen molar-refractivity contribution >= 4 is 22.3 Å². The molecule has 0 unspecified atom stereocenters. The van der Waals surface area contributed by atoms with Gasteiger partial charge >= 0.3 is 0 Å². The monoisotopic (exact) mass is 271 g/mol. The maximum Gasteiger partial charge on any atom is 0.136 e. The van der Waals surface area contributed by atoms with Crippen LogP contribution < -0.4 is 9.64 Å². The first-order valence-corrected chi connectivity index (χ1v) is 6.69. The lowest BCUT2D eigenvalue weighted by atomic mass is 10.1. The minimum atomic E-state index is 0.782. The lowest BCUT2D eigenvalue weighted by molar-refractivity contribution is 0.315. The van der Waals surface area contributed by atoms with Gasteiger partial charge in [-0.1, -0.05) is 5.16 Å². The average Bonchev–Trinajstić information content (AvgIpc) is 2.54. The highest BCUT2D eigenvalue weighted by atomic mass is 16.5. The summed E-state index contributed by atoms with van der Waals surface area (Å²) >= 11 is 0. The van der Waals surface area contributed by atoms with Gasteiger partial charge in [-0.05, 0) is 29.7 Å². The SMILES string of the molecule is COc1ccc2c(N3CCC(=NO)CC3)nccc2c1. The van der Waals surface area contributed by atoms with E-state index in [0.717, 1.165) is 54.0 Å². The molecule has 2 aromatic rings. The Morgan fingerprint density at radius 2 is 2.05 bits per heavy atom. The largest absolute Gasteiger partial charge is 0.497 e. The van der Waals surface area contributed by atoms with E-state index in [1.165, 1.54) is 0 Å². The number of piperidine rings is 1. The third-order valence-electron chi connectivity index (χ3n) is 3.73. The summed E-state index contributed by atoms with van der Waals surface area (Å²) in [4.78, 5) is 6.76. The number of ether oxygens (including phenoxy) is 1. The van der Waals surface area contributed by atoms with E-state index >= 15 is 0 Å². The molecule has 0 bridgehead atoms. The van der Waals surface area contributed by atoms with Crippen molar-refractivity contribution in [2.75, 3.05) is 25.1 Å². The van der Waals surface area contributed by atoms with E-state index in [4.69, 9.17) is 9.94 Å². The van der Waals surface area contributed by atoms with E-state index in [9.17, 15) is 0 Å². The van der Waals surface area contributed by atoms with Crippen molar-refractivity contribution in [1.29, 1.82) is 0 Å². The molecule has 3 rings (SSSR count). The number of fused-ring (bicyclic) bond motifs is 1. The second kappa shape index (κ2) is 5.36. The molecule has 5 nitrogen and oxygen atoms in total. The highest BCUT2D eigenvalue weighted by Crippen LogP contribution is 2.28. The van der Waals surface area contributed by atoms with E-state index in [-0.39, 0.29) is 0 Å². The zero-order chi connectivity index (χ0) is 13.9. The molecular weight excluding hydrogens is 254 g/mol. The Labute approximate surface area is 117 Å². The second-order valence-corrected chi connectivity index (χ2v) is 4.87. The van der Waals surface area contributed by atoms with Crippen LogP contribution in [-0.2, 0) is 0 Å². The zero-order valence-electron chi connectivity index (χ0n) is 11.4. The summed E-state index contributed by atoms with van der Waals surface area (Å²) in [6, 6.07) is 8.02. The predicted octanol–water partition coefficient (Wildman–Crippen LogP) is 2.67. The Kier molecular flexibility index (Phi) is 3.41. The normalized spacial score (nSPS) is 15.4. The van der Waals surface area contributed by atoms with E-state index in [0.29, 0.717) is 0 Å². The maximum atomic E-state index is 8.82. The summed E-state index contributed by atoms with van der Waals surface area (Å²) in [5.74, 6) is 1.84. The van der Waals surface area contributed by atoms with Crippen LogP contribution in [0.25, 0.3) is 10.8 Å². The summed E-state index contributed by atoms with van der Waals surface area (Å²) in [7, 11) is 1.67. The van der Waals surface area contributed by atoms with Gasteiger partial charge in [-0.15, -0.1) is 0 Å². The number of nitrogens with zero attached hydrogens (tertiary/aromatic N) is 3. The van der Waals surface area contributed by atoms with Crippen LogP contribution in [0.4, 0.5) is 5.82 Å². The zero-order valence-corrected chi connectivity index (χ0v) is 11.4. The standard InChI is InChI=1S/C15H17N3O2/c1-20-13-2-3-14-11(10-13)4-7-16-15(14)18-8-5-12(17-19)6-9-18/h2-4,7,10,19H,5-6,8-9H2,1H3. The molecular formula is C15H17N3O2. The van der Waals surface area contributed by atoms with Gasteiger partial charge in [0.25, 0.3) is 0 Å². The van der Waals surface area contributed by atoms with Gasteiger partial charge in [0.1, 0.15) is 11.6 Å². The number of anilines is 1. The van der Waals surface area contributed by atoms with Crippen molar-refractivity contribution in [1.82, 2.24) is 4.98 Å². The topological polar surface area (TPSA) is 58.0 Å². The van der Waals surface area contributed by atoms with Crippen LogP contribution >= 0.6 is 0 Å². The fourth-order valence-electron chi connectivity index (χ4n) is 2.60. The van der Waals surface area contributed by atoms with Crippen LogP contribution in [0.5, 0.6) is 5.75 Å². The molecule has 2 heterocycles. The Morgan fingerprint density at radius 1 is 1.25 bits per heavy atom. The summed E-state index contributed by atoms with van der Waals surface area (Å²) in [6.07, 6.45) is 3.39. The van der Waals surface area contributed by atoms with E-state index in [1.54, 1.807) is 7.11 Å². The van der Waals surface area contributed by atoms with Gasteiger partial charge in [0.15, 0.2) is 0 Å². The quantitative estimate of drug-likeness (QED) is 0.674. The fourth-order valence-corrected chi connectivity index (χ4v) is 2.60. The van der Waals surface area contributed by atoms with Crippen molar-refractivity contribution in [2.24, 2.45) is 5.16 Å². The number of methoxy groups -OCH3 is 1. The molecule has 0 aliphatic carbocycles. The van der Waals surface area contributed by atoms with Crippen LogP contribution in [0.15, 0.2) is 35.6 Å². The first-order chi connectivity index (χ1) is 9.81. The number of hydrogen-bond donors (Lipinski definition) is 1. The van der Waals surface area contributed by atoms with Gasteiger partial charge in [-0.3, -0.25) is 0 Å². The average molecular weight is 271 g/mol. The molecule has 0 atom stereocenters. The highest BCUT2D eigenvalue weighted by molar-refractivity contribution is 5.94. The molecule has 0 spiro atoms. The van der Waals surface area contributed by atoms with Crippen molar-refractivity contribution in [3.05, 3.63) is 30.5 Å². The number of pyridine rings is 1. The summed E-state index contributed by atoms with van der Waals surface area (Å²) in [6.45, 7) is 1.66. The lowest BCUT2D eigenvalue weighted by Crippen LogP contribution is -2.34. The Balaban J connectivity index is 1.96. The van der Waals surface area contributed by atoms with Gasteiger partial charge in [0.05, 0.1) is 12.8 Å². The lowest BCUT2D eigenvalue weighted by Gasteiger charge is -2.29. The minimum absolute atomic E-state index is 0.782.